The van der Waals surface area contributed by atoms with E-state index in [9.17, 15) is 9.59 Å². The van der Waals surface area contributed by atoms with Crippen molar-refractivity contribution >= 4 is 16.8 Å². The van der Waals surface area contributed by atoms with Crippen LogP contribution in [-0.4, -0.2) is 5.78 Å². The van der Waals surface area contributed by atoms with Gasteiger partial charge in [-0.2, -0.15) is 0 Å². The predicted molar refractivity (Wildman–Crippen MR) is 56.1 cm³/mol. The zero-order chi connectivity index (χ0) is 11.0. The summed E-state index contributed by atoms with van der Waals surface area (Å²) in [6.07, 6.45) is 0. The fraction of sp³-hybridized carbons (Fsp3) is 0.167. The largest absolute Gasteiger partial charge is 0.423 e. The number of fused-ring (bicyclic) bond motifs is 1. The number of hydrogen-bond acceptors (Lipinski definition) is 3. The van der Waals surface area contributed by atoms with E-state index in [0.717, 1.165) is 10.9 Å². The highest BCUT2D eigenvalue weighted by atomic mass is 16.4. The Labute approximate surface area is 86.3 Å². The molecule has 0 bridgehead atoms. The average molecular weight is 201 g/mol. The van der Waals surface area contributed by atoms with Gasteiger partial charge in [0.2, 0.25) is 0 Å². The molecule has 75 valence electrons. The fourth-order valence-electron chi connectivity index (χ4n) is 1.47. The van der Waals surface area contributed by atoms with Crippen LogP contribution < -0.4 is 5.63 Å². The van der Waals surface area contributed by atoms with Crippen molar-refractivity contribution in [3.8, 4) is 0 Å². The summed E-state index contributed by atoms with van der Waals surface area (Å²) in [5, 5.41) is 0.776. The van der Waals surface area contributed by atoms with Crippen LogP contribution in [0.1, 0.15) is 22.8 Å². The first kappa shape index (κ1) is 9.65. The van der Waals surface area contributed by atoms with E-state index in [0.29, 0.717) is 11.1 Å². The van der Waals surface area contributed by atoms with Crippen LogP contribution in [0, 0.1) is 13.0 Å². The lowest BCUT2D eigenvalue weighted by Crippen LogP contribution is -1.99. The monoisotopic (exact) mass is 201 g/mol. The molecule has 0 spiro atoms. The molecule has 0 fully saturated rings. The molecule has 0 N–H and O–H groups in total. The van der Waals surface area contributed by atoms with Gasteiger partial charge >= 0.3 is 5.63 Å². The summed E-state index contributed by atoms with van der Waals surface area (Å²) < 4.78 is 4.98. The number of aryl methyl sites for hydroxylation is 1. The summed E-state index contributed by atoms with van der Waals surface area (Å²) >= 11 is 0. The van der Waals surface area contributed by atoms with Gasteiger partial charge in [0, 0.05) is 17.0 Å². The minimum Gasteiger partial charge on any atom is -0.423 e. The molecular formula is C12H9O3. The molecule has 0 amide bonds. The Kier molecular flexibility index (Phi) is 2.15. The maximum absolute atomic E-state index is 11.1. The highest BCUT2D eigenvalue weighted by Gasteiger charge is 2.05. The van der Waals surface area contributed by atoms with Crippen molar-refractivity contribution in [2.24, 2.45) is 0 Å². The number of benzene rings is 1. The molecule has 1 aromatic carbocycles. The van der Waals surface area contributed by atoms with E-state index >= 15 is 0 Å². The first-order valence-electron chi connectivity index (χ1n) is 4.55. The van der Waals surface area contributed by atoms with Gasteiger partial charge in [-0.05, 0) is 37.6 Å². The van der Waals surface area contributed by atoms with Crippen LogP contribution in [0.4, 0.5) is 0 Å². The fourth-order valence-corrected chi connectivity index (χ4v) is 1.47. The van der Waals surface area contributed by atoms with E-state index in [-0.39, 0.29) is 11.4 Å². The second-order valence-corrected chi connectivity index (χ2v) is 3.43. The van der Waals surface area contributed by atoms with Crippen LogP contribution >= 0.6 is 0 Å². The predicted octanol–water partition coefficient (Wildman–Crippen LogP) is 2.10. The number of hydrogen-bond donors (Lipinski definition) is 0. The average Bonchev–Trinajstić information content (AvgIpc) is 2.16. The number of Topliss-reactive ketones (excluding diaryl/α,β-unsaturated/α-hetero) is 1. The smallest absolute Gasteiger partial charge is 0.336 e. The molecule has 2 rings (SSSR count). The second-order valence-electron chi connectivity index (χ2n) is 3.43. The molecule has 2 aromatic rings. The number of ketones is 1. The second kappa shape index (κ2) is 3.35. The summed E-state index contributed by atoms with van der Waals surface area (Å²) in [6.45, 7) is 3.29. The molecular weight excluding hydrogens is 192 g/mol. The van der Waals surface area contributed by atoms with E-state index in [1.165, 1.54) is 19.1 Å². The van der Waals surface area contributed by atoms with E-state index in [1.54, 1.807) is 6.07 Å². The Bertz CT molecular complexity index is 593. The van der Waals surface area contributed by atoms with Crippen molar-refractivity contribution in [3.05, 3.63) is 45.8 Å². The Morgan fingerprint density at radius 3 is 2.80 bits per heavy atom. The van der Waals surface area contributed by atoms with Gasteiger partial charge in [-0.15, -0.1) is 0 Å². The lowest BCUT2D eigenvalue weighted by Gasteiger charge is -2.01. The zero-order valence-corrected chi connectivity index (χ0v) is 8.46. The number of carbonyl (C=O) groups is 1. The molecule has 3 heteroatoms. The summed E-state index contributed by atoms with van der Waals surface area (Å²) in [5.41, 5.74) is 1.38. The van der Waals surface area contributed by atoms with Gasteiger partial charge in [0.25, 0.3) is 0 Å². The van der Waals surface area contributed by atoms with Crippen LogP contribution in [0.15, 0.2) is 27.4 Å². The SMILES string of the molecule is CC(=O)c1[c]cc2oc(=O)cc(C)c2c1. The molecule has 3 nitrogen and oxygen atoms in total. The lowest BCUT2D eigenvalue weighted by molar-refractivity contribution is 0.101. The van der Waals surface area contributed by atoms with E-state index in [1.807, 2.05) is 6.92 Å². The third-order valence-corrected chi connectivity index (χ3v) is 2.26. The van der Waals surface area contributed by atoms with Crippen LogP contribution in [-0.2, 0) is 0 Å². The van der Waals surface area contributed by atoms with Crippen LogP contribution in [0.3, 0.4) is 0 Å². The van der Waals surface area contributed by atoms with Crippen molar-refractivity contribution in [3.63, 3.8) is 0 Å². The summed E-state index contributed by atoms with van der Waals surface area (Å²) in [6, 6.07) is 7.41. The van der Waals surface area contributed by atoms with Crippen LogP contribution in [0.5, 0.6) is 0 Å². The maximum Gasteiger partial charge on any atom is 0.336 e. The Morgan fingerprint density at radius 1 is 1.40 bits per heavy atom. The minimum absolute atomic E-state index is 0.0532. The normalized spacial score (nSPS) is 10.5. The summed E-state index contributed by atoms with van der Waals surface area (Å²) in [7, 11) is 0. The molecule has 0 aliphatic carbocycles. The highest BCUT2D eigenvalue weighted by molar-refractivity contribution is 5.97. The Morgan fingerprint density at radius 2 is 2.13 bits per heavy atom. The van der Waals surface area contributed by atoms with E-state index in [2.05, 4.69) is 6.07 Å². The topological polar surface area (TPSA) is 47.3 Å². The highest BCUT2D eigenvalue weighted by Crippen LogP contribution is 2.17. The first-order chi connectivity index (χ1) is 7.08. The molecule has 0 saturated heterocycles. The van der Waals surface area contributed by atoms with Gasteiger partial charge in [-0.25, -0.2) is 4.79 Å². The number of rotatable bonds is 1. The third kappa shape index (κ3) is 1.68. The quantitative estimate of drug-likeness (QED) is 0.524. The molecule has 1 aromatic heterocycles. The third-order valence-electron chi connectivity index (χ3n) is 2.26. The lowest BCUT2D eigenvalue weighted by atomic mass is 10.1. The molecule has 0 aliphatic heterocycles. The Balaban J connectivity index is 2.82. The van der Waals surface area contributed by atoms with Crippen molar-refractivity contribution < 1.29 is 9.21 Å². The van der Waals surface area contributed by atoms with Crippen molar-refractivity contribution in [1.82, 2.24) is 0 Å². The van der Waals surface area contributed by atoms with Gasteiger partial charge in [0.1, 0.15) is 5.58 Å². The zero-order valence-electron chi connectivity index (χ0n) is 8.46. The van der Waals surface area contributed by atoms with Crippen LogP contribution in [0.25, 0.3) is 11.0 Å². The summed E-state index contributed by atoms with van der Waals surface area (Å²) in [5.74, 6) is -0.0532. The van der Waals surface area contributed by atoms with Gasteiger partial charge in [-0.1, -0.05) is 0 Å². The van der Waals surface area contributed by atoms with E-state index in [4.69, 9.17) is 4.42 Å². The van der Waals surface area contributed by atoms with Gasteiger partial charge in [0.15, 0.2) is 5.78 Å². The number of carbonyl (C=O) groups excluding carboxylic acids is 1. The van der Waals surface area contributed by atoms with Gasteiger partial charge in [0.05, 0.1) is 0 Å². The van der Waals surface area contributed by atoms with Crippen molar-refractivity contribution in [1.29, 1.82) is 0 Å². The molecule has 0 saturated carbocycles. The van der Waals surface area contributed by atoms with Gasteiger partial charge in [-0.3, -0.25) is 4.79 Å². The van der Waals surface area contributed by atoms with E-state index < -0.39 is 0 Å². The molecule has 1 heterocycles. The van der Waals surface area contributed by atoms with Crippen LogP contribution in [0.2, 0.25) is 0 Å². The van der Waals surface area contributed by atoms with Gasteiger partial charge < -0.3 is 4.42 Å². The Hall–Kier alpha value is -1.90. The molecule has 0 aliphatic rings. The van der Waals surface area contributed by atoms with Crippen molar-refractivity contribution in [2.45, 2.75) is 13.8 Å². The van der Waals surface area contributed by atoms with Crippen molar-refractivity contribution in [2.75, 3.05) is 0 Å². The molecule has 15 heavy (non-hydrogen) atoms. The summed E-state index contributed by atoms with van der Waals surface area (Å²) in [4.78, 5) is 22.2. The maximum atomic E-state index is 11.1. The minimum atomic E-state index is -0.385. The molecule has 1 radical (unpaired) electrons. The first-order valence-corrected chi connectivity index (χ1v) is 4.55. The standard InChI is InChI=1S/C12H9O3/c1-7-5-12(14)15-11-4-3-9(8(2)13)6-10(7)11/h4-6H,1-2H3. The molecule has 0 unspecified atom stereocenters. The molecule has 0 atom stereocenters.